The standard InChI is InChI=1S/C17H21N3O/c1-12-2-5-14(21-12)10-20-8-6-15-16(7-9-20)18-11-19-17(15)13-3-4-13/h2,5,11,13H,3-4,6-10H2,1H3. The van der Waals surface area contributed by atoms with E-state index < -0.39 is 0 Å². The highest BCUT2D eigenvalue weighted by atomic mass is 16.3. The summed E-state index contributed by atoms with van der Waals surface area (Å²) in [7, 11) is 0. The molecule has 3 heterocycles. The van der Waals surface area contributed by atoms with Gasteiger partial charge in [0, 0.05) is 31.1 Å². The van der Waals surface area contributed by atoms with E-state index in [9.17, 15) is 0 Å². The maximum atomic E-state index is 5.71. The molecule has 1 aliphatic carbocycles. The SMILES string of the molecule is Cc1ccc(CN2CCc3ncnc(C4CC4)c3CC2)o1. The first kappa shape index (κ1) is 13.0. The lowest BCUT2D eigenvalue weighted by molar-refractivity contribution is 0.253. The van der Waals surface area contributed by atoms with E-state index in [-0.39, 0.29) is 0 Å². The number of aryl methyl sites for hydroxylation is 1. The lowest BCUT2D eigenvalue weighted by Crippen LogP contribution is -2.25. The minimum atomic E-state index is 0.709. The van der Waals surface area contributed by atoms with Crippen LogP contribution in [0.25, 0.3) is 0 Å². The molecule has 0 spiro atoms. The number of fused-ring (bicyclic) bond motifs is 1. The second kappa shape index (κ2) is 5.26. The Bertz CT molecular complexity index is 645. The molecule has 2 aromatic rings. The van der Waals surface area contributed by atoms with Gasteiger partial charge >= 0.3 is 0 Å². The van der Waals surface area contributed by atoms with Crippen molar-refractivity contribution < 1.29 is 4.42 Å². The van der Waals surface area contributed by atoms with Crippen molar-refractivity contribution in [3.8, 4) is 0 Å². The van der Waals surface area contributed by atoms with Crippen LogP contribution in [-0.4, -0.2) is 28.0 Å². The predicted octanol–water partition coefficient (Wildman–Crippen LogP) is 2.86. The van der Waals surface area contributed by atoms with Crippen LogP contribution in [0.1, 0.15) is 47.2 Å². The number of rotatable bonds is 3. The Labute approximate surface area is 125 Å². The van der Waals surface area contributed by atoms with E-state index in [1.54, 1.807) is 6.33 Å². The first-order valence-electron chi connectivity index (χ1n) is 7.90. The Kier molecular flexibility index (Phi) is 3.26. The highest BCUT2D eigenvalue weighted by Crippen LogP contribution is 2.41. The first-order chi connectivity index (χ1) is 10.3. The van der Waals surface area contributed by atoms with Crippen LogP contribution in [0.2, 0.25) is 0 Å². The van der Waals surface area contributed by atoms with Crippen LogP contribution in [0.4, 0.5) is 0 Å². The van der Waals surface area contributed by atoms with E-state index in [0.29, 0.717) is 5.92 Å². The Morgan fingerprint density at radius 3 is 2.81 bits per heavy atom. The second-order valence-corrected chi connectivity index (χ2v) is 6.25. The summed E-state index contributed by atoms with van der Waals surface area (Å²) < 4.78 is 5.71. The molecule has 2 aromatic heterocycles. The largest absolute Gasteiger partial charge is 0.465 e. The van der Waals surface area contributed by atoms with Crippen molar-refractivity contribution in [2.75, 3.05) is 13.1 Å². The molecule has 4 rings (SSSR count). The van der Waals surface area contributed by atoms with Gasteiger partial charge in [0.1, 0.15) is 17.8 Å². The summed E-state index contributed by atoms with van der Waals surface area (Å²) in [6.45, 7) is 5.01. The summed E-state index contributed by atoms with van der Waals surface area (Å²) in [5, 5.41) is 0. The molecule has 1 aliphatic heterocycles. The molecule has 1 fully saturated rings. The molecule has 0 atom stereocenters. The third-order valence-electron chi connectivity index (χ3n) is 4.55. The van der Waals surface area contributed by atoms with Crippen molar-refractivity contribution in [1.29, 1.82) is 0 Å². The molecule has 1 saturated carbocycles. The quantitative estimate of drug-likeness (QED) is 0.868. The van der Waals surface area contributed by atoms with Gasteiger partial charge in [-0.3, -0.25) is 4.90 Å². The fourth-order valence-electron chi connectivity index (χ4n) is 3.26. The summed E-state index contributed by atoms with van der Waals surface area (Å²) in [6.07, 6.45) is 6.47. The monoisotopic (exact) mass is 283 g/mol. The Hall–Kier alpha value is -1.68. The molecule has 21 heavy (non-hydrogen) atoms. The van der Waals surface area contributed by atoms with E-state index in [0.717, 1.165) is 44.0 Å². The third kappa shape index (κ3) is 2.72. The molecular weight excluding hydrogens is 262 g/mol. The molecule has 2 aliphatic rings. The Morgan fingerprint density at radius 2 is 2.05 bits per heavy atom. The molecular formula is C17H21N3O. The van der Waals surface area contributed by atoms with Crippen LogP contribution in [0.3, 0.4) is 0 Å². The Morgan fingerprint density at radius 1 is 1.19 bits per heavy atom. The minimum absolute atomic E-state index is 0.709. The van der Waals surface area contributed by atoms with Crippen LogP contribution < -0.4 is 0 Å². The topological polar surface area (TPSA) is 42.2 Å². The summed E-state index contributed by atoms with van der Waals surface area (Å²) >= 11 is 0. The van der Waals surface area contributed by atoms with Crippen molar-refractivity contribution in [2.24, 2.45) is 0 Å². The molecule has 4 heteroatoms. The van der Waals surface area contributed by atoms with Gasteiger partial charge in [0.2, 0.25) is 0 Å². The Balaban J connectivity index is 1.50. The average Bonchev–Trinajstić information content (AvgIpc) is 3.27. The van der Waals surface area contributed by atoms with Crippen molar-refractivity contribution in [2.45, 2.75) is 45.1 Å². The molecule has 4 nitrogen and oxygen atoms in total. The lowest BCUT2D eigenvalue weighted by Gasteiger charge is -2.17. The van der Waals surface area contributed by atoms with E-state index in [1.165, 1.54) is 29.8 Å². The third-order valence-corrected chi connectivity index (χ3v) is 4.55. The van der Waals surface area contributed by atoms with Gasteiger partial charge in [0.15, 0.2) is 0 Å². The van der Waals surface area contributed by atoms with Crippen molar-refractivity contribution in [1.82, 2.24) is 14.9 Å². The van der Waals surface area contributed by atoms with Crippen molar-refractivity contribution in [3.63, 3.8) is 0 Å². The molecule has 0 bridgehead atoms. The summed E-state index contributed by atoms with van der Waals surface area (Å²) in [5.41, 5.74) is 4.03. The van der Waals surface area contributed by atoms with Crippen LogP contribution in [-0.2, 0) is 19.4 Å². The molecule has 0 aromatic carbocycles. The zero-order valence-electron chi connectivity index (χ0n) is 12.5. The smallest absolute Gasteiger partial charge is 0.118 e. The van der Waals surface area contributed by atoms with Crippen LogP contribution in [0, 0.1) is 6.92 Å². The highest BCUT2D eigenvalue weighted by Gasteiger charge is 2.30. The van der Waals surface area contributed by atoms with E-state index in [2.05, 4.69) is 20.9 Å². The number of nitrogens with zero attached hydrogens (tertiary/aromatic N) is 3. The van der Waals surface area contributed by atoms with Gasteiger partial charge in [-0.15, -0.1) is 0 Å². The highest BCUT2D eigenvalue weighted by molar-refractivity contribution is 5.31. The predicted molar refractivity (Wildman–Crippen MR) is 80.1 cm³/mol. The van der Waals surface area contributed by atoms with Crippen molar-refractivity contribution >= 4 is 0 Å². The van der Waals surface area contributed by atoms with Crippen LogP contribution in [0.15, 0.2) is 22.9 Å². The van der Waals surface area contributed by atoms with Gasteiger partial charge in [-0.1, -0.05) is 0 Å². The molecule has 0 unspecified atom stereocenters. The summed E-state index contributed by atoms with van der Waals surface area (Å²) in [4.78, 5) is 11.6. The van der Waals surface area contributed by atoms with E-state index >= 15 is 0 Å². The van der Waals surface area contributed by atoms with Gasteiger partial charge in [-0.2, -0.15) is 0 Å². The number of hydrogen-bond acceptors (Lipinski definition) is 4. The zero-order chi connectivity index (χ0) is 14.2. The fourth-order valence-corrected chi connectivity index (χ4v) is 3.26. The maximum Gasteiger partial charge on any atom is 0.118 e. The molecule has 0 amide bonds. The van der Waals surface area contributed by atoms with Crippen LogP contribution >= 0.6 is 0 Å². The second-order valence-electron chi connectivity index (χ2n) is 6.25. The molecule has 0 saturated heterocycles. The van der Waals surface area contributed by atoms with Gasteiger partial charge in [-0.25, -0.2) is 9.97 Å². The number of hydrogen-bond donors (Lipinski definition) is 0. The van der Waals surface area contributed by atoms with E-state index in [1.807, 2.05) is 13.0 Å². The molecule has 0 radical (unpaired) electrons. The minimum Gasteiger partial charge on any atom is -0.465 e. The molecule has 110 valence electrons. The molecule has 0 N–H and O–H groups in total. The number of furan rings is 1. The summed E-state index contributed by atoms with van der Waals surface area (Å²) in [6, 6.07) is 4.13. The first-order valence-corrected chi connectivity index (χ1v) is 7.90. The fraction of sp³-hybridized carbons (Fsp3) is 0.529. The van der Waals surface area contributed by atoms with Crippen molar-refractivity contribution in [3.05, 3.63) is 46.9 Å². The van der Waals surface area contributed by atoms with Gasteiger partial charge < -0.3 is 4.42 Å². The van der Waals surface area contributed by atoms with Gasteiger partial charge in [-0.05, 0) is 43.9 Å². The average molecular weight is 283 g/mol. The lowest BCUT2D eigenvalue weighted by atomic mass is 10.0. The van der Waals surface area contributed by atoms with Crippen LogP contribution in [0.5, 0.6) is 0 Å². The van der Waals surface area contributed by atoms with E-state index in [4.69, 9.17) is 4.42 Å². The van der Waals surface area contributed by atoms with Gasteiger partial charge in [0.05, 0.1) is 12.2 Å². The maximum absolute atomic E-state index is 5.71. The number of aromatic nitrogens is 2. The normalized spacial score (nSPS) is 19.3. The zero-order valence-corrected chi connectivity index (χ0v) is 12.5. The van der Waals surface area contributed by atoms with Gasteiger partial charge in [0.25, 0.3) is 0 Å². The summed E-state index contributed by atoms with van der Waals surface area (Å²) in [5.74, 6) is 2.76.